The second-order valence-electron chi connectivity index (χ2n) is 6.60. The highest BCUT2D eigenvalue weighted by Gasteiger charge is 2.24. The Hall–Kier alpha value is -2.74. The van der Waals surface area contributed by atoms with E-state index < -0.39 is 5.82 Å². The molecule has 26 heavy (non-hydrogen) atoms. The van der Waals surface area contributed by atoms with Gasteiger partial charge in [-0.25, -0.2) is 14.4 Å². The largest absolute Gasteiger partial charge is 0.475 e. The van der Waals surface area contributed by atoms with Crippen molar-refractivity contribution in [2.45, 2.75) is 26.6 Å². The first kappa shape index (κ1) is 16.7. The maximum Gasteiger partial charge on any atom is 0.250 e. The summed E-state index contributed by atoms with van der Waals surface area (Å²) in [5, 5.41) is 4.08. The fraction of sp³-hybridized carbons (Fsp3) is 0.389. The molecule has 0 saturated heterocycles. The van der Waals surface area contributed by atoms with Crippen molar-refractivity contribution in [3.8, 4) is 5.88 Å². The zero-order valence-corrected chi connectivity index (χ0v) is 14.5. The maximum atomic E-state index is 13.7. The second kappa shape index (κ2) is 7.25. The molecule has 0 saturated carbocycles. The fourth-order valence-electron chi connectivity index (χ4n) is 3.26. The van der Waals surface area contributed by atoms with Gasteiger partial charge in [-0.05, 0) is 19.1 Å². The monoisotopic (exact) mass is 357 g/mol. The molecule has 0 unspecified atom stereocenters. The number of aromatic nitrogens is 4. The van der Waals surface area contributed by atoms with Gasteiger partial charge in [0, 0.05) is 50.6 Å². The zero-order valence-electron chi connectivity index (χ0n) is 14.5. The molecule has 1 atom stereocenters. The van der Waals surface area contributed by atoms with Crippen molar-refractivity contribution in [1.82, 2.24) is 24.6 Å². The van der Waals surface area contributed by atoms with Gasteiger partial charge >= 0.3 is 0 Å². The first-order chi connectivity index (χ1) is 12.7. The number of pyridine rings is 1. The highest BCUT2D eigenvalue weighted by Crippen LogP contribution is 2.20. The summed E-state index contributed by atoms with van der Waals surface area (Å²) in [4.78, 5) is 10.5. The summed E-state index contributed by atoms with van der Waals surface area (Å²) < 4.78 is 26.7. The van der Waals surface area contributed by atoms with Crippen LogP contribution in [-0.2, 0) is 19.6 Å². The van der Waals surface area contributed by atoms with E-state index in [9.17, 15) is 4.39 Å². The molecule has 0 amide bonds. The van der Waals surface area contributed by atoms with E-state index in [1.165, 1.54) is 12.3 Å². The molecule has 1 aliphatic heterocycles. The molecule has 4 heterocycles. The zero-order chi connectivity index (χ0) is 17.9. The standard InChI is InChI=1S/C18H20FN5O2/c1-13-5-15(22-26-13)9-23-7-14(8-24-12-20-6-16(24)10-23)11-25-18-17(19)3-2-4-21-18/h2-6,12,14H,7-11H2,1H3/t14-/m0/s1. The van der Waals surface area contributed by atoms with Gasteiger partial charge in [0.2, 0.25) is 5.88 Å². The Labute approximate surface area is 150 Å². The van der Waals surface area contributed by atoms with Crippen LogP contribution in [0.5, 0.6) is 5.88 Å². The quantitative estimate of drug-likeness (QED) is 0.699. The van der Waals surface area contributed by atoms with E-state index >= 15 is 0 Å². The van der Waals surface area contributed by atoms with Gasteiger partial charge in [-0.15, -0.1) is 0 Å². The molecular formula is C18H20FN5O2. The topological polar surface area (TPSA) is 69.2 Å². The number of nitrogens with zero attached hydrogens (tertiary/aromatic N) is 5. The van der Waals surface area contributed by atoms with Crippen LogP contribution in [0.4, 0.5) is 4.39 Å². The van der Waals surface area contributed by atoms with Crippen LogP contribution >= 0.6 is 0 Å². The van der Waals surface area contributed by atoms with Crippen molar-refractivity contribution in [3.63, 3.8) is 0 Å². The highest BCUT2D eigenvalue weighted by atomic mass is 19.1. The van der Waals surface area contributed by atoms with Crippen molar-refractivity contribution in [1.29, 1.82) is 0 Å². The van der Waals surface area contributed by atoms with Crippen LogP contribution in [0.2, 0.25) is 0 Å². The third kappa shape index (κ3) is 3.75. The van der Waals surface area contributed by atoms with E-state index in [1.54, 1.807) is 6.07 Å². The number of fused-ring (bicyclic) bond motifs is 1. The van der Waals surface area contributed by atoms with Gasteiger partial charge in [-0.3, -0.25) is 4.90 Å². The van der Waals surface area contributed by atoms with Crippen molar-refractivity contribution < 1.29 is 13.7 Å². The Morgan fingerprint density at radius 3 is 3.12 bits per heavy atom. The molecule has 1 aliphatic rings. The van der Waals surface area contributed by atoms with Crippen LogP contribution in [0, 0.1) is 18.7 Å². The molecule has 0 N–H and O–H groups in total. The third-order valence-corrected chi connectivity index (χ3v) is 4.40. The number of aryl methyl sites for hydroxylation is 1. The van der Waals surface area contributed by atoms with Gasteiger partial charge in [0.05, 0.1) is 24.3 Å². The minimum Gasteiger partial charge on any atom is -0.475 e. The minimum atomic E-state index is -0.445. The number of hydrogen-bond acceptors (Lipinski definition) is 6. The lowest BCUT2D eigenvalue weighted by atomic mass is 10.1. The summed E-state index contributed by atoms with van der Waals surface area (Å²) in [5.41, 5.74) is 2.03. The summed E-state index contributed by atoms with van der Waals surface area (Å²) in [7, 11) is 0. The fourth-order valence-corrected chi connectivity index (χ4v) is 3.26. The molecule has 0 spiro atoms. The van der Waals surface area contributed by atoms with Gasteiger partial charge in [-0.2, -0.15) is 0 Å². The van der Waals surface area contributed by atoms with E-state index in [1.807, 2.05) is 25.5 Å². The SMILES string of the molecule is Cc1cc(CN2Cc3cncn3C[C@@H](COc3ncccc3F)C2)no1. The smallest absolute Gasteiger partial charge is 0.250 e. The Bertz CT molecular complexity index is 878. The number of ether oxygens (including phenoxy) is 1. The molecule has 4 rings (SSSR count). The van der Waals surface area contributed by atoms with Gasteiger partial charge in [0.1, 0.15) is 5.76 Å². The van der Waals surface area contributed by atoms with Crippen LogP contribution in [0.15, 0.2) is 41.4 Å². The molecule has 3 aromatic rings. The van der Waals surface area contributed by atoms with E-state index in [-0.39, 0.29) is 11.8 Å². The summed E-state index contributed by atoms with van der Waals surface area (Å²) in [6.45, 7) is 5.25. The summed E-state index contributed by atoms with van der Waals surface area (Å²) >= 11 is 0. The summed E-state index contributed by atoms with van der Waals surface area (Å²) in [5.74, 6) is 0.561. The molecule has 7 nitrogen and oxygen atoms in total. The van der Waals surface area contributed by atoms with Gasteiger partial charge in [0.25, 0.3) is 0 Å². The van der Waals surface area contributed by atoms with E-state index in [4.69, 9.17) is 9.26 Å². The number of imidazole rings is 1. The normalized spacial score (nSPS) is 17.7. The lowest BCUT2D eigenvalue weighted by molar-refractivity contribution is 0.159. The molecule has 0 radical (unpaired) electrons. The lowest BCUT2D eigenvalue weighted by Crippen LogP contribution is -2.31. The van der Waals surface area contributed by atoms with Crippen LogP contribution in [0.1, 0.15) is 17.1 Å². The van der Waals surface area contributed by atoms with E-state index in [2.05, 4.69) is 24.6 Å². The lowest BCUT2D eigenvalue weighted by Gasteiger charge is -2.23. The molecule has 8 heteroatoms. The second-order valence-corrected chi connectivity index (χ2v) is 6.60. The molecule has 3 aromatic heterocycles. The molecule has 0 aromatic carbocycles. The van der Waals surface area contributed by atoms with Crippen molar-refractivity contribution in [2.24, 2.45) is 5.92 Å². The Morgan fingerprint density at radius 2 is 2.31 bits per heavy atom. The maximum absolute atomic E-state index is 13.7. The first-order valence-corrected chi connectivity index (χ1v) is 8.54. The third-order valence-electron chi connectivity index (χ3n) is 4.40. The average molecular weight is 357 g/mol. The molecule has 0 bridgehead atoms. The number of rotatable bonds is 5. The van der Waals surface area contributed by atoms with E-state index in [0.29, 0.717) is 13.2 Å². The van der Waals surface area contributed by atoms with Gasteiger partial charge < -0.3 is 13.8 Å². The van der Waals surface area contributed by atoms with Crippen LogP contribution in [0.25, 0.3) is 0 Å². The Kier molecular flexibility index (Phi) is 4.66. The minimum absolute atomic E-state index is 0.0428. The van der Waals surface area contributed by atoms with Crippen LogP contribution < -0.4 is 4.74 Å². The van der Waals surface area contributed by atoms with Crippen molar-refractivity contribution in [3.05, 3.63) is 59.9 Å². The number of halogens is 1. The Morgan fingerprint density at radius 1 is 1.38 bits per heavy atom. The summed E-state index contributed by atoms with van der Waals surface area (Å²) in [6, 6.07) is 4.84. The van der Waals surface area contributed by atoms with Crippen molar-refractivity contribution >= 4 is 0 Å². The number of hydrogen-bond donors (Lipinski definition) is 0. The molecule has 0 fully saturated rings. The van der Waals surface area contributed by atoms with Crippen LogP contribution in [-0.4, -0.2) is 37.7 Å². The average Bonchev–Trinajstić information content (AvgIpc) is 3.19. The summed E-state index contributed by atoms with van der Waals surface area (Å²) in [6.07, 6.45) is 5.23. The highest BCUT2D eigenvalue weighted by molar-refractivity contribution is 5.13. The predicted octanol–water partition coefficient (Wildman–Crippen LogP) is 2.42. The van der Waals surface area contributed by atoms with Gasteiger partial charge in [-0.1, -0.05) is 5.16 Å². The van der Waals surface area contributed by atoms with Gasteiger partial charge in [0.15, 0.2) is 5.82 Å². The Balaban J connectivity index is 1.48. The van der Waals surface area contributed by atoms with Crippen LogP contribution in [0.3, 0.4) is 0 Å². The van der Waals surface area contributed by atoms with Crippen molar-refractivity contribution in [2.75, 3.05) is 13.2 Å². The predicted molar refractivity (Wildman–Crippen MR) is 90.8 cm³/mol. The van der Waals surface area contributed by atoms with E-state index in [0.717, 1.165) is 36.8 Å². The molecule has 0 aliphatic carbocycles. The molecular weight excluding hydrogens is 337 g/mol. The first-order valence-electron chi connectivity index (χ1n) is 8.54. The molecule has 136 valence electrons.